The van der Waals surface area contributed by atoms with Crippen LogP contribution in [0.2, 0.25) is 0 Å². The number of hydrogen-bond donors (Lipinski definition) is 1. The summed E-state index contributed by atoms with van der Waals surface area (Å²) in [5.74, 6) is 0. The molecular formula is C8H13N3O. The lowest BCUT2D eigenvalue weighted by atomic mass is 9.98. The van der Waals surface area contributed by atoms with E-state index in [1.165, 1.54) is 0 Å². The molecule has 12 heavy (non-hydrogen) atoms. The van der Waals surface area contributed by atoms with E-state index in [9.17, 15) is 5.11 Å². The average molecular weight is 167 g/mol. The van der Waals surface area contributed by atoms with Crippen LogP contribution in [0.15, 0.2) is 17.3 Å². The van der Waals surface area contributed by atoms with E-state index in [1.807, 2.05) is 6.08 Å². The minimum Gasteiger partial charge on any atom is -0.384 e. The zero-order chi connectivity index (χ0) is 8.86. The van der Waals surface area contributed by atoms with Crippen LogP contribution in [0.1, 0.15) is 32.1 Å². The molecule has 0 radical (unpaired) electrons. The third kappa shape index (κ3) is 2.57. The lowest BCUT2D eigenvalue weighted by Crippen LogP contribution is -2.25. The Bertz CT molecular complexity index is 220. The van der Waals surface area contributed by atoms with Crippen LogP contribution >= 0.6 is 0 Å². The Labute approximate surface area is 71.5 Å². The Morgan fingerprint density at radius 2 is 2.08 bits per heavy atom. The van der Waals surface area contributed by atoms with Crippen molar-refractivity contribution in [2.45, 2.75) is 37.8 Å². The molecule has 0 aromatic rings. The van der Waals surface area contributed by atoms with Gasteiger partial charge in [-0.2, -0.15) is 0 Å². The second-order valence-corrected chi connectivity index (χ2v) is 3.07. The Hall–Kier alpha value is -0.990. The molecule has 0 saturated heterocycles. The number of nitrogens with zero attached hydrogens (tertiary/aromatic N) is 3. The first-order valence-electron chi connectivity index (χ1n) is 4.20. The van der Waals surface area contributed by atoms with E-state index >= 15 is 0 Å². The maximum Gasteiger partial charge on any atom is 0.143 e. The molecule has 1 aliphatic rings. The molecule has 1 atom stereocenters. The highest BCUT2D eigenvalue weighted by Crippen LogP contribution is 2.24. The van der Waals surface area contributed by atoms with Crippen molar-refractivity contribution in [1.82, 2.24) is 0 Å². The molecule has 66 valence electrons. The normalized spacial score (nSPS) is 30.1. The molecule has 0 bridgehead atoms. The molecule has 0 aromatic heterocycles. The number of rotatable bonds is 1. The molecule has 0 saturated carbocycles. The maximum absolute atomic E-state index is 9.72. The maximum atomic E-state index is 9.72. The van der Waals surface area contributed by atoms with Crippen LogP contribution in [0.25, 0.3) is 10.4 Å². The molecule has 4 nitrogen and oxygen atoms in total. The third-order valence-electron chi connectivity index (χ3n) is 2.06. The summed E-state index contributed by atoms with van der Waals surface area (Å²) in [6, 6.07) is 0. The first-order valence-corrected chi connectivity index (χ1v) is 4.20. The summed E-state index contributed by atoms with van der Waals surface area (Å²) in [7, 11) is 0. The minimum absolute atomic E-state index is 0.535. The van der Waals surface area contributed by atoms with Crippen LogP contribution in [-0.4, -0.2) is 10.8 Å². The second kappa shape index (κ2) is 4.14. The molecule has 0 aliphatic heterocycles. The molecule has 0 aromatic carbocycles. The van der Waals surface area contributed by atoms with Gasteiger partial charge in [-0.05, 0) is 37.6 Å². The molecule has 1 N–H and O–H groups in total. The average Bonchev–Trinajstić information content (AvgIpc) is 1.99. The highest BCUT2D eigenvalue weighted by molar-refractivity contribution is 4.89. The van der Waals surface area contributed by atoms with Gasteiger partial charge in [-0.3, -0.25) is 0 Å². The van der Waals surface area contributed by atoms with Gasteiger partial charge in [0, 0.05) is 4.91 Å². The quantitative estimate of drug-likeness (QED) is 0.277. The van der Waals surface area contributed by atoms with Crippen LogP contribution in [-0.2, 0) is 0 Å². The lowest BCUT2D eigenvalue weighted by Gasteiger charge is -2.22. The van der Waals surface area contributed by atoms with Gasteiger partial charge in [-0.15, -0.1) is 0 Å². The number of aliphatic hydroxyl groups is 1. The van der Waals surface area contributed by atoms with Crippen molar-refractivity contribution in [2.24, 2.45) is 5.11 Å². The molecule has 1 aliphatic carbocycles. The Kier molecular flexibility index (Phi) is 3.14. The number of allylic oxidation sites excluding steroid dienone is 2. The molecule has 0 fully saturated rings. The molecule has 0 amide bonds. The summed E-state index contributed by atoms with van der Waals surface area (Å²) in [6.45, 7) is 0. The third-order valence-corrected chi connectivity index (χ3v) is 2.06. The lowest BCUT2D eigenvalue weighted by molar-refractivity contribution is 0.0280. The van der Waals surface area contributed by atoms with E-state index in [-0.39, 0.29) is 0 Å². The van der Waals surface area contributed by atoms with Crippen molar-refractivity contribution in [1.29, 1.82) is 0 Å². The van der Waals surface area contributed by atoms with Crippen molar-refractivity contribution in [3.8, 4) is 0 Å². The zero-order valence-corrected chi connectivity index (χ0v) is 6.98. The van der Waals surface area contributed by atoms with E-state index in [4.69, 9.17) is 5.53 Å². The minimum atomic E-state index is -1.14. The Morgan fingerprint density at radius 3 is 2.83 bits per heavy atom. The summed E-state index contributed by atoms with van der Waals surface area (Å²) in [5, 5.41) is 13.1. The fourth-order valence-corrected chi connectivity index (χ4v) is 1.36. The van der Waals surface area contributed by atoms with E-state index in [0.717, 1.165) is 19.3 Å². The van der Waals surface area contributed by atoms with E-state index < -0.39 is 5.72 Å². The van der Waals surface area contributed by atoms with Crippen LogP contribution in [0.4, 0.5) is 0 Å². The summed E-state index contributed by atoms with van der Waals surface area (Å²) in [6.07, 6.45) is 7.87. The van der Waals surface area contributed by atoms with Crippen LogP contribution in [0.5, 0.6) is 0 Å². The SMILES string of the molecule is [N-]=[N+]=NC1(O)CCC=CCCC1. The van der Waals surface area contributed by atoms with Gasteiger partial charge in [0.1, 0.15) is 5.72 Å². The molecule has 1 rings (SSSR count). The summed E-state index contributed by atoms with van der Waals surface area (Å²) in [4.78, 5) is 2.65. The predicted molar refractivity (Wildman–Crippen MR) is 46.3 cm³/mol. The van der Waals surface area contributed by atoms with Crippen molar-refractivity contribution in [3.05, 3.63) is 22.6 Å². The smallest absolute Gasteiger partial charge is 0.143 e. The summed E-state index contributed by atoms with van der Waals surface area (Å²) >= 11 is 0. The predicted octanol–water partition coefficient (Wildman–Crippen LogP) is 2.51. The van der Waals surface area contributed by atoms with Crippen LogP contribution in [0, 0.1) is 0 Å². The van der Waals surface area contributed by atoms with Gasteiger partial charge in [0.2, 0.25) is 0 Å². The second-order valence-electron chi connectivity index (χ2n) is 3.07. The van der Waals surface area contributed by atoms with Gasteiger partial charge in [0.25, 0.3) is 0 Å². The first-order chi connectivity index (χ1) is 5.77. The monoisotopic (exact) mass is 167 g/mol. The largest absolute Gasteiger partial charge is 0.384 e. The van der Waals surface area contributed by atoms with Gasteiger partial charge in [-0.1, -0.05) is 17.3 Å². The molecule has 4 heteroatoms. The van der Waals surface area contributed by atoms with Gasteiger partial charge < -0.3 is 5.11 Å². The van der Waals surface area contributed by atoms with E-state index in [2.05, 4.69) is 16.1 Å². The van der Waals surface area contributed by atoms with Crippen molar-refractivity contribution < 1.29 is 5.11 Å². The highest BCUT2D eigenvalue weighted by atomic mass is 16.3. The fourth-order valence-electron chi connectivity index (χ4n) is 1.36. The van der Waals surface area contributed by atoms with Crippen molar-refractivity contribution in [2.75, 3.05) is 0 Å². The van der Waals surface area contributed by atoms with Crippen molar-refractivity contribution in [3.63, 3.8) is 0 Å². The molecular weight excluding hydrogens is 154 g/mol. The molecule has 0 spiro atoms. The first kappa shape index (κ1) is 9.10. The zero-order valence-electron chi connectivity index (χ0n) is 6.98. The van der Waals surface area contributed by atoms with Gasteiger partial charge in [-0.25, -0.2) is 0 Å². The highest BCUT2D eigenvalue weighted by Gasteiger charge is 2.24. The number of hydrogen-bond acceptors (Lipinski definition) is 2. The summed E-state index contributed by atoms with van der Waals surface area (Å²) < 4.78 is 0. The summed E-state index contributed by atoms with van der Waals surface area (Å²) in [5.41, 5.74) is 7.09. The topological polar surface area (TPSA) is 69.0 Å². The van der Waals surface area contributed by atoms with Gasteiger partial charge in [0.05, 0.1) is 0 Å². The van der Waals surface area contributed by atoms with Crippen LogP contribution < -0.4 is 0 Å². The molecule has 1 unspecified atom stereocenters. The standard InChI is InChI=1S/C8H13N3O/c9-11-10-8(12)6-4-2-1-3-5-7-8/h1-2,12H,3-7H2. The fraction of sp³-hybridized carbons (Fsp3) is 0.750. The number of azide groups is 1. The van der Waals surface area contributed by atoms with Crippen LogP contribution in [0.3, 0.4) is 0 Å². The van der Waals surface area contributed by atoms with Gasteiger partial charge in [0.15, 0.2) is 0 Å². The van der Waals surface area contributed by atoms with E-state index in [0.29, 0.717) is 12.8 Å². The molecule has 0 heterocycles. The Morgan fingerprint density at radius 1 is 1.33 bits per heavy atom. The van der Waals surface area contributed by atoms with Gasteiger partial charge >= 0.3 is 0 Å². The Balaban J connectivity index is 2.62. The van der Waals surface area contributed by atoms with Crippen molar-refractivity contribution >= 4 is 0 Å². The van der Waals surface area contributed by atoms with E-state index in [1.54, 1.807) is 0 Å².